The highest BCUT2D eigenvalue weighted by Crippen LogP contribution is 2.02. The summed E-state index contributed by atoms with van der Waals surface area (Å²) in [6.07, 6.45) is 0. The first-order valence-electron chi connectivity index (χ1n) is 3.67. The number of rotatable bonds is 2. The minimum Gasteiger partial charge on any atom is -0.305 e. The van der Waals surface area contributed by atoms with E-state index in [0.717, 1.165) is 0 Å². The molecular formula is C8H14N2OS. The quantitative estimate of drug-likeness (QED) is 0.526. The van der Waals surface area contributed by atoms with E-state index in [1.807, 2.05) is 13.8 Å². The maximum Gasteiger partial charge on any atom is 0.228 e. The number of nitrogens with zero attached hydrogens (tertiary/aromatic N) is 1. The summed E-state index contributed by atoms with van der Waals surface area (Å²) in [5.41, 5.74) is 0. The highest BCUT2D eigenvalue weighted by atomic mass is 32.2. The van der Waals surface area contributed by atoms with Crippen molar-refractivity contribution in [3.8, 4) is 0 Å². The molecule has 0 unspecified atom stereocenters. The summed E-state index contributed by atoms with van der Waals surface area (Å²) in [7, 11) is 1.63. The van der Waals surface area contributed by atoms with Crippen molar-refractivity contribution in [2.75, 3.05) is 7.05 Å². The van der Waals surface area contributed by atoms with Crippen LogP contribution in [0.2, 0.25) is 0 Å². The van der Waals surface area contributed by atoms with E-state index in [9.17, 15) is 4.79 Å². The van der Waals surface area contributed by atoms with Gasteiger partial charge in [-0.25, -0.2) is 0 Å². The Bertz CT molecular complexity index is 199. The third-order valence-corrected chi connectivity index (χ3v) is 1.83. The second kappa shape index (κ2) is 5.83. The van der Waals surface area contributed by atoms with Crippen LogP contribution in [0.5, 0.6) is 0 Å². The van der Waals surface area contributed by atoms with Crippen molar-refractivity contribution in [3.05, 3.63) is 12.0 Å². The van der Waals surface area contributed by atoms with Crippen LogP contribution >= 0.6 is 11.8 Å². The van der Waals surface area contributed by atoms with Gasteiger partial charge in [0.25, 0.3) is 0 Å². The van der Waals surface area contributed by atoms with Crippen molar-refractivity contribution in [3.63, 3.8) is 0 Å². The average Bonchev–Trinajstić information content (AvgIpc) is 2.03. The fourth-order valence-corrected chi connectivity index (χ4v) is 0.890. The van der Waals surface area contributed by atoms with E-state index in [0.29, 0.717) is 5.17 Å². The molecule has 0 aliphatic rings. The van der Waals surface area contributed by atoms with E-state index in [1.54, 1.807) is 12.5 Å². The maximum atomic E-state index is 11.1. The predicted molar refractivity (Wildman–Crippen MR) is 54.1 cm³/mol. The zero-order valence-electron chi connectivity index (χ0n) is 7.63. The van der Waals surface area contributed by atoms with Crippen molar-refractivity contribution in [2.24, 2.45) is 10.9 Å². The van der Waals surface area contributed by atoms with Crippen molar-refractivity contribution in [1.29, 1.82) is 0 Å². The monoisotopic (exact) mass is 186 g/mol. The molecule has 0 saturated carbocycles. The van der Waals surface area contributed by atoms with Crippen molar-refractivity contribution >= 4 is 22.8 Å². The molecule has 0 heterocycles. The average molecular weight is 186 g/mol. The largest absolute Gasteiger partial charge is 0.305 e. The van der Waals surface area contributed by atoms with Crippen LogP contribution in [-0.4, -0.2) is 18.1 Å². The molecule has 0 rings (SSSR count). The van der Waals surface area contributed by atoms with Crippen LogP contribution in [0.4, 0.5) is 0 Å². The second-order valence-corrected chi connectivity index (χ2v) is 3.41. The number of thioether (sulfide) groups is 1. The van der Waals surface area contributed by atoms with Gasteiger partial charge in [-0.15, -0.1) is 0 Å². The van der Waals surface area contributed by atoms with Gasteiger partial charge in [0.05, 0.1) is 0 Å². The topological polar surface area (TPSA) is 41.5 Å². The molecule has 0 aliphatic carbocycles. The molecule has 0 radical (unpaired) electrons. The Balaban J connectivity index is 4.04. The summed E-state index contributed by atoms with van der Waals surface area (Å²) in [4.78, 5) is 15.0. The summed E-state index contributed by atoms with van der Waals surface area (Å²) in [6.45, 7) is 7.20. The summed E-state index contributed by atoms with van der Waals surface area (Å²) in [6, 6.07) is 0. The Morgan fingerprint density at radius 2 is 2.25 bits per heavy atom. The number of carbonyl (C=O) groups excluding carboxylic acids is 1. The summed E-state index contributed by atoms with van der Waals surface area (Å²) in [5, 5.41) is 4.88. The molecule has 1 amide bonds. The predicted octanol–water partition coefficient (Wildman–Crippen LogP) is 1.62. The van der Waals surface area contributed by atoms with E-state index in [1.165, 1.54) is 11.8 Å². The van der Waals surface area contributed by atoms with Crippen LogP contribution < -0.4 is 5.32 Å². The first kappa shape index (κ1) is 11.2. The summed E-state index contributed by atoms with van der Waals surface area (Å²) < 4.78 is 0. The van der Waals surface area contributed by atoms with Gasteiger partial charge in [-0.05, 0) is 5.41 Å². The van der Waals surface area contributed by atoms with Crippen molar-refractivity contribution < 1.29 is 4.79 Å². The lowest BCUT2D eigenvalue weighted by molar-refractivity contribution is -0.122. The number of amidine groups is 1. The van der Waals surface area contributed by atoms with Gasteiger partial charge in [0.15, 0.2) is 5.17 Å². The molecular weight excluding hydrogens is 172 g/mol. The Morgan fingerprint density at radius 3 is 2.58 bits per heavy atom. The molecule has 0 bridgehead atoms. The van der Waals surface area contributed by atoms with Crippen molar-refractivity contribution in [2.45, 2.75) is 13.8 Å². The zero-order valence-corrected chi connectivity index (χ0v) is 8.44. The maximum absolute atomic E-state index is 11.1. The van der Waals surface area contributed by atoms with Gasteiger partial charge in [0.1, 0.15) is 0 Å². The molecule has 0 aromatic carbocycles. The van der Waals surface area contributed by atoms with Crippen LogP contribution in [0.25, 0.3) is 0 Å². The second-order valence-electron chi connectivity index (χ2n) is 2.46. The first-order chi connectivity index (χ1) is 5.61. The fraction of sp³-hybridized carbons (Fsp3) is 0.500. The number of nitrogens with one attached hydrogen (secondary N) is 1. The van der Waals surface area contributed by atoms with Crippen LogP contribution in [0.3, 0.4) is 0 Å². The molecule has 4 heteroatoms. The van der Waals surface area contributed by atoms with E-state index in [2.05, 4.69) is 16.9 Å². The molecule has 0 fully saturated rings. The van der Waals surface area contributed by atoms with Gasteiger partial charge in [0, 0.05) is 13.0 Å². The SMILES string of the molecule is C=CSC(=NC)NC(=O)C(C)C. The molecule has 0 atom stereocenters. The van der Waals surface area contributed by atoms with Gasteiger partial charge in [0.2, 0.25) is 5.91 Å². The summed E-state index contributed by atoms with van der Waals surface area (Å²) in [5.74, 6) is -0.0443. The lowest BCUT2D eigenvalue weighted by Gasteiger charge is -2.06. The smallest absolute Gasteiger partial charge is 0.228 e. The number of hydrogen-bond acceptors (Lipinski definition) is 3. The van der Waals surface area contributed by atoms with E-state index < -0.39 is 0 Å². The highest BCUT2D eigenvalue weighted by Gasteiger charge is 2.08. The molecule has 0 aromatic rings. The standard InChI is InChI=1S/C8H14N2OS/c1-5-12-8(9-4)10-7(11)6(2)3/h5-6H,1H2,2-4H3,(H,9,10,11). The lowest BCUT2D eigenvalue weighted by Crippen LogP contribution is -2.31. The third-order valence-electron chi connectivity index (χ3n) is 1.15. The lowest BCUT2D eigenvalue weighted by atomic mass is 10.2. The van der Waals surface area contributed by atoms with E-state index in [-0.39, 0.29) is 11.8 Å². The first-order valence-corrected chi connectivity index (χ1v) is 4.55. The van der Waals surface area contributed by atoms with Crippen molar-refractivity contribution in [1.82, 2.24) is 5.32 Å². The minimum atomic E-state index is -0.0232. The number of hydrogen-bond donors (Lipinski definition) is 1. The van der Waals surface area contributed by atoms with E-state index >= 15 is 0 Å². The van der Waals surface area contributed by atoms with Crippen LogP contribution in [0.15, 0.2) is 17.0 Å². The van der Waals surface area contributed by atoms with Crippen LogP contribution in [-0.2, 0) is 4.79 Å². The Kier molecular flexibility index (Phi) is 5.45. The molecule has 0 saturated heterocycles. The van der Waals surface area contributed by atoms with Crippen LogP contribution in [0.1, 0.15) is 13.8 Å². The Morgan fingerprint density at radius 1 is 1.67 bits per heavy atom. The molecule has 12 heavy (non-hydrogen) atoms. The van der Waals surface area contributed by atoms with Gasteiger partial charge in [-0.1, -0.05) is 32.2 Å². The molecule has 3 nitrogen and oxygen atoms in total. The Labute approximate surface area is 77.3 Å². The molecule has 0 spiro atoms. The zero-order chi connectivity index (χ0) is 9.56. The highest BCUT2D eigenvalue weighted by molar-refractivity contribution is 8.16. The number of carbonyl (C=O) groups is 1. The summed E-state index contributed by atoms with van der Waals surface area (Å²) >= 11 is 1.30. The third kappa shape index (κ3) is 4.18. The van der Waals surface area contributed by atoms with Gasteiger partial charge in [-0.3, -0.25) is 9.79 Å². The van der Waals surface area contributed by atoms with Gasteiger partial charge in [-0.2, -0.15) is 0 Å². The van der Waals surface area contributed by atoms with E-state index in [4.69, 9.17) is 0 Å². The Hall–Kier alpha value is -0.770. The molecule has 0 aromatic heterocycles. The van der Waals surface area contributed by atoms with Gasteiger partial charge >= 0.3 is 0 Å². The van der Waals surface area contributed by atoms with Crippen LogP contribution in [0, 0.1) is 5.92 Å². The molecule has 1 N–H and O–H groups in total. The molecule has 68 valence electrons. The minimum absolute atomic E-state index is 0.0211. The fourth-order valence-electron chi connectivity index (χ4n) is 0.467. The normalized spacial score (nSPS) is 11.5. The number of amides is 1. The van der Waals surface area contributed by atoms with Gasteiger partial charge < -0.3 is 5.32 Å². The number of aliphatic imine (C=N–C) groups is 1. The molecule has 0 aliphatic heterocycles.